The van der Waals surface area contributed by atoms with Gasteiger partial charge in [-0.15, -0.1) is 0 Å². The van der Waals surface area contributed by atoms with Crippen LogP contribution in [-0.4, -0.2) is 28.2 Å². The molecular weight excluding hydrogens is 454 g/mol. The summed E-state index contributed by atoms with van der Waals surface area (Å²) in [6.45, 7) is 6.21. The van der Waals surface area contributed by atoms with E-state index in [0.29, 0.717) is 17.1 Å². The van der Waals surface area contributed by atoms with E-state index in [1.807, 2.05) is 74.6 Å². The van der Waals surface area contributed by atoms with Crippen molar-refractivity contribution < 1.29 is 19.0 Å². The Kier molecular flexibility index (Phi) is 7.66. The minimum Gasteiger partial charge on any atom is -0.491 e. The van der Waals surface area contributed by atoms with Crippen molar-refractivity contribution in [2.45, 2.75) is 33.5 Å². The average molecular weight is 482 g/mol. The summed E-state index contributed by atoms with van der Waals surface area (Å²) in [6, 6.07) is 21.1. The van der Waals surface area contributed by atoms with Gasteiger partial charge in [-0.3, -0.25) is 0 Å². The highest BCUT2D eigenvalue weighted by Crippen LogP contribution is 2.29. The van der Waals surface area contributed by atoms with Crippen LogP contribution in [-0.2, 0) is 11.3 Å². The molecule has 4 rings (SSSR count). The molecule has 4 aromatic rings. The van der Waals surface area contributed by atoms with Crippen LogP contribution in [0.4, 0.5) is 0 Å². The van der Waals surface area contributed by atoms with E-state index in [4.69, 9.17) is 14.2 Å². The van der Waals surface area contributed by atoms with Crippen LogP contribution in [0.15, 0.2) is 79.3 Å². The van der Waals surface area contributed by atoms with Crippen LogP contribution in [0, 0.1) is 11.3 Å². The third-order valence-corrected chi connectivity index (χ3v) is 5.33. The Balaban J connectivity index is 1.65. The SMILES string of the molecule is CCOC(=O)c1cc(-n2cc(C#N)c(-c3ccc(OC(C)C)cc3)c2)ncc1OCc1ccccc1. The second-order valence-corrected chi connectivity index (χ2v) is 8.33. The summed E-state index contributed by atoms with van der Waals surface area (Å²) in [5.41, 5.74) is 3.33. The summed E-state index contributed by atoms with van der Waals surface area (Å²) in [5, 5.41) is 9.75. The lowest BCUT2D eigenvalue weighted by Gasteiger charge is -2.12. The first-order valence-corrected chi connectivity index (χ1v) is 11.7. The number of benzene rings is 2. The number of aromatic nitrogens is 2. The zero-order valence-electron chi connectivity index (χ0n) is 20.5. The molecule has 0 N–H and O–H groups in total. The van der Waals surface area contributed by atoms with Crippen LogP contribution in [0.2, 0.25) is 0 Å². The van der Waals surface area contributed by atoms with Crippen molar-refractivity contribution in [3.05, 3.63) is 95.9 Å². The lowest BCUT2D eigenvalue weighted by atomic mass is 10.1. The monoisotopic (exact) mass is 481 g/mol. The zero-order chi connectivity index (χ0) is 25.5. The largest absolute Gasteiger partial charge is 0.491 e. The summed E-state index contributed by atoms with van der Waals surface area (Å²) in [5.74, 6) is 1.05. The number of hydrogen-bond acceptors (Lipinski definition) is 6. The fourth-order valence-electron chi connectivity index (χ4n) is 3.68. The number of rotatable bonds is 9. The predicted molar refractivity (Wildman–Crippen MR) is 136 cm³/mol. The van der Waals surface area contributed by atoms with Crippen molar-refractivity contribution in [1.29, 1.82) is 5.26 Å². The van der Waals surface area contributed by atoms with Crippen molar-refractivity contribution >= 4 is 5.97 Å². The van der Waals surface area contributed by atoms with Gasteiger partial charge in [-0.25, -0.2) is 9.78 Å². The van der Waals surface area contributed by atoms with E-state index >= 15 is 0 Å². The van der Waals surface area contributed by atoms with E-state index in [1.165, 1.54) is 6.20 Å². The summed E-state index contributed by atoms with van der Waals surface area (Å²) in [7, 11) is 0. The number of pyridine rings is 1. The van der Waals surface area contributed by atoms with Gasteiger partial charge in [0.25, 0.3) is 0 Å². The Bertz CT molecular complexity index is 1370. The zero-order valence-corrected chi connectivity index (χ0v) is 20.5. The van der Waals surface area contributed by atoms with Gasteiger partial charge in [-0.2, -0.15) is 5.26 Å². The fraction of sp³-hybridized carbons (Fsp3) is 0.207. The van der Waals surface area contributed by atoms with Gasteiger partial charge in [0.1, 0.15) is 29.8 Å². The number of ether oxygens (including phenoxy) is 3. The number of nitriles is 1. The van der Waals surface area contributed by atoms with Crippen molar-refractivity contribution in [2.75, 3.05) is 6.61 Å². The average Bonchev–Trinajstić information content (AvgIpc) is 3.33. The molecule has 0 saturated heterocycles. The van der Waals surface area contributed by atoms with Gasteiger partial charge in [-0.05, 0) is 50.1 Å². The second kappa shape index (κ2) is 11.2. The standard InChI is InChI=1S/C29H27N3O4/c1-4-34-29(33)25-14-28(31-16-27(25)35-19-21-8-6-5-7-9-21)32-17-23(15-30)26(18-32)22-10-12-24(13-11-22)36-20(2)3/h5-14,16-18,20H,4,19H2,1-3H3. The molecule has 2 aromatic carbocycles. The lowest BCUT2D eigenvalue weighted by molar-refractivity contribution is 0.0521. The van der Waals surface area contributed by atoms with Crippen LogP contribution >= 0.6 is 0 Å². The summed E-state index contributed by atoms with van der Waals surface area (Å²) >= 11 is 0. The quantitative estimate of drug-likeness (QED) is 0.274. The van der Waals surface area contributed by atoms with Crippen molar-refractivity contribution in [1.82, 2.24) is 9.55 Å². The van der Waals surface area contributed by atoms with E-state index in [9.17, 15) is 10.1 Å². The van der Waals surface area contributed by atoms with Gasteiger partial charge >= 0.3 is 5.97 Å². The van der Waals surface area contributed by atoms with Crippen LogP contribution in [0.25, 0.3) is 16.9 Å². The maximum Gasteiger partial charge on any atom is 0.342 e. The first-order chi connectivity index (χ1) is 17.5. The molecule has 0 spiro atoms. The molecule has 182 valence electrons. The van der Waals surface area contributed by atoms with E-state index in [0.717, 1.165) is 22.4 Å². The summed E-state index contributed by atoms with van der Waals surface area (Å²) in [4.78, 5) is 17.2. The first-order valence-electron chi connectivity index (χ1n) is 11.7. The number of esters is 1. The minimum absolute atomic E-state index is 0.0749. The first kappa shape index (κ1) is 24.6. The number of carbonyl (C=O) groups excluding carboxylic acids is 1. The molecular formula is C29H27N3O4. The van der Waals surface area contributed by atoms with Gasteiger partial charge in [0.15, 0.2) is 5.75 Å². The molecule has 0 bridgehead atoms. The van der Waals surface area contributed by atoms with Crippen LogP contribution in [0.1, 0.15) is 42.3 Å². The van der Waals surface area contributed by atoms with Gasteiger partial charge in [0.2, 0.25) is 0 Å². The van der Waals surface area contributed by atoms with E-state index in [2.05, 4.69) is 11.1 Å². The number of hydrogen-bond donors (Lipinski definition) is 0. The molecule has 0 aliphatic heterocycles. The maximum atomic E-state index is 12.7. The summed E-state index contributed by atoms with van der Waals surface area (Å²) < 4.78 is 18.6. The maximum absolute atomic E-state index is 12.7. The molecule has 0 saturated carbocycles. The van der Waals surface area contributed by atoms with Crippen molar-refractivity contribution in [3.8, 4) is 34.5 Å². The summed E-state index contributed by atoms with van der Waals surface area (Å²) in [6.07, 6.45) is 5.09. The molecule has 0 atom stereocenters. The van der Waals surface area contributed by atoms with Gasteiger partial charge in [0.05, 0.1) is 24.5 Å². The Morgan fingerprint density at radius 3 is 2.50 bits per heavy atom. The Hall–Kier alpha value is -4.57. The third-order valence-electron chi connectivity index (χ3n) is 5.33. The topological polar surface area (TPSA) is 86.4 Å². The van der Waals surface area contributed by atoms with Gasteiger partial charge in [0, 0.05) is 18.0 Å². The molecule has 7 nitrogen and oxygen atoms in total. The fourth-order valence-corrected chi connectivity index (χ4v) is 3.68. The van der Waals surface area contributed by atoms with Gasteiger partial charge in [-0.1, -0.05) is 42.5 Å². The van der Waals surface area contributed by atoms with E-state index < -0.39 is 5.97 Å². The molecule has 7 heteroatoms. The van der Waals surface area contributed by atoms with Crippen molar-refractivity contribution in [2.24, 2.45) is 0 Å². The lowest BCUT2D eigenvalue weighted by Crippen LogP contribution is -2.10. The second-order valence-electron chi connectivity index (χ2n) is 8.33. The molecule has 0 radical (unpaired) electrons. The Morgan fingerprint density at radius 1 is 1.08 bits per heavy atom. The van der Waals surface area contributed by atoms with Crippen LogP contribution in [0.5, 0.6) is 11.5 Å². The van der Waals surface area contributed by atoms with Crippen LogP contribution < -0.4 is 9.47 Å². The minimum atomic E-state index is -0.502. The van der Waals surface area contributed by atoms with E-state index in [-0.39, 0.29) is 24.9 Å². The molecule has 0 amide bonds. The molecule has 0 aliphatic carbocycles. The van der Waals surface area contributed by atoms with Crippen molar-refractivity contribution in [3.63, 3.8) is 0 Å². The number of carbonyl (C=O) groups is 1. The number of nitrogens with zero attached hydrogens (tertiary/aromatic N) is 3. The normalized spacial score (nSPS) is 10.6. The Morgan fingerprint density at radius 2 is 1.83 bits per heavy atom. The Labute approximate surface area is 210 Å². The molecule has 0 fully saturated rings. The predicted octanol–water partition coefficient (Wildman–Crippen LogP) is 5.95. The highest BCUT2D eigenvalue weighted by molar-refractivity contribution is 5.93. The molecule has 0 unspecified atom stereocenters. The third kappa shape index (κ3) is 5.73. The molecule has 0 aliphatic rings. The van der Waals surface area contributed by atoms with Crippen LogP contribution in [0.3, 0.4) is 0 Å². The highest BCUT2D eigenvalue weighted by Gasteiger charge is 2.18. The highest BCUT2D eigenvalue weighted by atomic mass is 16.5. The molecule has 2 heterocycles. The molecule has 2 aromatic heterocycles. The smallest absolute Gasteiger partial charge is 0.342 e. The molecule has 36 heavy (non-hydrogen) atoms. The van der Waals surface area contributed by atoms with Gasteiger partial charge < -0.3 is 18.8 Å². The van der Waals surface area contributed by atoms with E-state index in [1.54, 1.807) is 23.8 Å².